The fraction of sp³-hybridized carbons (Fsp3) is 0.105. The van der Waals surface area contributed by atoms with Gasteiger partial charge in [-0.2, -0.15) is 0 Å². The van der Waals surface area contributed by atoms with Gasteiger partial charge in [0.25, 0.3) is 5.56 Å². The predicted octanol–water partition coefficient (Wildman–Crippen LogP) is 3.52. The SMILES string of the molecule is Cc1cccn2c(=O)cc(COC(=O)/C=C/c3cccc(Br)c3)nc12. The molecule has 0 bridgehead atoms. The normalized spacial score (nSPS) is 11.1. The van der Waals surface area contributed by atoms with Crippen molar-refractivity contribution in [3.63, 3.8) is 0 Å². The highest BCUT2D eigenvalue weighted by atomic mass is 79.9. The molecule has 0 radical (unpaired) electrons. The number of carbonyl (C=O) groups excluding carboxylic acids is 1. The van der Waals surface area contributed by atoms with Crippen LogP contribution in [-0.2, 0) is 16.1 Å². The number of hydrogen-bond acceptors (Lipinski definition) is 4. The average Bonchev–Trinajstić information content (AvgIpc) is 2.59. The number of halogens is 1. The van der Waals surface area contributed by atoms with Gasteiger partial charge in [0.1, 0.15) is 12.3 Å². The van der Waals surface area contributed by atoms with Crippen LogP contribution in [0.15, 0.2) is 64.0 Å². The largest absolute Gasteiger partial charge is 0.456 e. The third kappa shape index (κ3) is 4.22. The minimum absolute atomic E-state index is 0.0538. The van der Waals surface area contributed by atoms with Crippen molar-refractivity contribution >= 4 is 33.6 Å². The molecule has 0 spiro atoms. The zero-order chi connectivity index (χ0) is 17.8. The summed E-state index contributed by atoms with van der Waals surface area (Å²) in [4.78, 5) is 28.4. The lowest BCUT2D eigenvalue weighted by Gasteiger charge is -2.06. The second-order valence-electron chi connectivity index (χ2n) is 5.47. The van der Waals surface area contributed by atoms with Crippen LogP contribution in [0.3, 0.4) is 0 Å². The van der Waals surface area contributed by atoms with E-state index in [1.807, 2.05) is 37.3 Å². The zero-order valence-corrected chi connectivity index (χ0v) is 15.1. The maximum absolute atomic E-state index is 12.1. The summed E-state index contributed by atoms with van der Waals surface area (Å²) < 4.78 is 7.57. The number of pyridine rings is 1. The summed E-state index contributed by atoms with van der Waals surface area (Å²) in [6.07, 6.45) is 4.68. The molecule has 0 saturated heterocycles. The van der Waals surface area contributed by atoms with E-state index in [4.69, 9.17) is 4.74 Å². The fourth-order valence-corrected chi connectivity index (χ4v) is 2.77. The summed E-state index contributed by atoms with van der Waals surface area (Å²) in [5.41, 5.74) is 2.53. The number of fused-ring (bicyclic) bond motifs is 1. The standard InChI is InChI=1S/C19H15BrN2O3/c1-13-4-3-9-22-17(23)11-16(21-19(13)22)12-25-18(24)8-7-14-5-2-6-15(20)10-14/h2-11H,12H2,1H3/b8-7+. The summed E-state index contributed by atoms with van der Waals surface area (Å²) >= 11 is 3.37. The van der Waals surface area contributed by atoms with E-state index in [0.29, 0.717) is 11.3 Å². The van der Waals surface area contributed by atoms with Crippen molar-refractivity contribution in [1.29, 1.82) is 0 Å². The van der Waals surface area contributed by atoms with Crippen molar-refractivity contribution in [1.82, 2.24) is 9.38 Å². The Kier molecular flexibility index (Phi) is 5.09. The molecular weight excluding hydrogens is 384 g/mol. The molecule has 0 aliphatic carbocycles. The quantitative estimate of drug-likeness (QED) is 0.498. The van der Waals surface area contributed by atoms with Gasteiger partial charge in [-0.05, 0) is 42.3 Å². The summed E-state index contributed by atoms with van der Waals surface area (Å²) in [5.74, 6) is -0.494. The van der Waals surface area contributed by atoms with Crippen LogP contribution in [0.4, 0.5) is 0 Å². The highest BCUT2D eigenvalue weighted by Crippen LogP contribution is 2.13. The topological polar surface area (TPSA) is 60.7 Å². The van der Waals surface area contributed by atoms with Gasteiger partial charge in [0, 0.05) is 22.8 Å². The van der Waals surface area contributed by atoms with E-state index in [9.17, 15) is 9.59 Å². The van der Waals surface area contributed by atoms with Crippen LogP contribution in [0.5, 0.6) is 0 Å². The smallest absolute Gasteiger partial charge is 0.331 e. The number of rotatable bonds is 4. The Balaban J connectivity index is 1.71. The summed E-state index contributed by atoms with van der Waals surface area (Å²) in [6, 6.07) is 12.6. The van der Waals surface area contributed by atoms with Crippen LogP contribution < -0.4 is 5.56 Å². The molecule has 2 heterocycles. The van der Waals surface area contributed by atoms with Crippen molar-refractivity contribution in [2.75, 3.05) is 0 Å². The lowest BCUT2D eigenvalue weighted by atomic mass is 10.2. The molecule has 3 rings (SSSR count). The second-order valence-corrected chi connectivity index (χ2v) is 6.38. The lowest BCUT2D eigenvalue weighted by Crippen LogP contribution is -2.17. The number of benzene rings is 1. The molecule has 0 saturated carbocycles. The molecule has 0 aliphatic rings. The van der Waals surface area contributed by atoms with E-state index in [-0.39, 0.29) is 12.2 Å². The number of carbonyl (C=O) groups is 1. The van der Waals surface area contributed by atoms with Gasteiger partial charge in [0.15, 0.2) is 0 Å². The molecule has 0 fully saturated rings. The van der Waals surface area contributed by atoms with E-state index in [2.05, 4.69) is 20.9 Å². The first-order valence-corrected chi connectivity index (χ1v) is 8.40. The summed E-state index contributed by atoms with van der Waals surface area (Å²) in [7, 11) is 0. The van der Waals surface area contributed by atoms with Gasteiger partial charge < -0.3 is 4.74 Å². The Bertz CT molecular complexity index is 1020. The number of nitrogens with zero attached hydrogens (tertiary/aromatic N) is 2. The number of aryl methyl sites for hydroxylation is 1. The van der Waals surface area contributed by atoms with Crippen LogP contribution in [-0.4, -0.2) is 15.4 Å². The first-order chi connectivity index (χ1) is 12.0. The van der Waals surface area contributed by atoms with Gasteiger partial charge in [0.2, 0.25) is 0 Å². The Labute approximate surface area is 152 Å². The average molecular weight is 399 g/mol. The molecular formula is C19H15BrN2O3. The van der Waals surface area contributed by atoms with Crippen molar-refractivity contribution < 1.29 is 9.53 Å². The van der Waals surface area contributed by atoms with Crippen LogP contribution in [0.2, 0.25) is 0 Å². The number of ether oxygens (including phenoxy) is 1. The highest BCUT2D eigenvalue weighted by molar-refractivity contribution is 9.10. The van der Waals surface area contributed by atoms with Crippen LogP contribution in [0, 0.1) is 6.92 Å². The van der Waals surface area contributed by atoms with Crippen LogP contribution in [0.25, 0.3) is 11.7 Å². The van der Waals surface area contributed by atoms with Crippen molar-refractivity contribution in [3.8, 4) is 0 Å². The first-order valence-electron chi connectivity index (χ1n) is 7.61. The van der Waals surface area contributed by atoms with Gasteiger partial charge in [0.05, 0.1) is 5.69 Å². The molecule has 0 atom stereocenters. The molecule has 25 heavy (non-hydrogen) atoms. The van der Waals surface area contributed by atoms with Gasteiger partial charge in [-0.15, -0.1) is 0 Å². The van der Waals surface area contributed by atoms with E-state index >= 15 is 0 Å². The Morgan fingerprint density at radius 2 is 2.12 bits per heavy atom. The van der Waals surface area contributed by atoms with Crippen molar-refractivity contribution in [3.05, 3.63) is 86.4 Å². The van der Waals surface area contributed by atoms with Crippen LogP contribution in [0.1, 0.15) is 16.8 Å². The van der Waals surface area contributed by atoms with Gasteiger partial charge in [-0.3, -0.25) is 9.20 Å². The van der Waals surface area contributed by atoms with Crippen molar-refractivity contribution in [2.24, 2.45) is 0 Å². The van der Waals surface area contributed by atoms with Crippen molar-refractivity contribution in [2.45, 2.75) is 13.5 Å². The third-order valence-corrected chi connectivity index (χ3v) is 4.06. The molecule has 0 amide bonds. The molecule has 126 valence electrons. The van der Waals surface area contributed by atoms with Gasteiger partial charge >= 0.3 is 5.97 Å². The summed E-state index contributed by atoms with van der Waals surface area (Å²) in [6.45, 7) is 1.82. The fourth-order valence-electron chi connectivity index (χ4n) is 2.35. The number of aromatic nitrogens is 2. The molecule has 0 unspecified atom stereocenters. The molecule has 1 aromatic carbocycles. The van der Waals surface area contributed by atoms with E-state index in [0.717, 1.165) is 15.6 Å². The molecule has 3 aromatic rings. The monoisotopic (exact) mass is 398 g/mol. The third-order valence-electron chi connectivity index (χ3n) is 3.56. The minimum Gasteiger partial charge on any atom is -0.456 e. The molecule has 0 aliphatic heterocycles. The first kappa shape index (κ1) is 17.1. The van der Waals surface area contributed by atoms with Gasteiger partial charge in [-0.25, -0.2) is 9.78 Å². The van der Waals surface area contributed by atoms with Gasteiger partial charge in [-0.1, -0.05) is 34.1 Å². The number of hydrogen-bond donors (Lipinski definition) is 0. The second kappa shape index (κ2) is 7.44. The van der Waals surface area contributed by atoms with E-state index < -0.39 is 5.97 Å². The number of esters is 1. The maximum Gasteiger partial charge on any atom is 0.331 e. The summed E-state index contributed by atoms with van der Waals surface area (Å²) in [5, 5.41) is 0. The predicted molar refractivity (Wildman–Crippen MR) is 99.2 cm³/mol. The minimum atomic E-state index is -0.494. The molecule has 0 N–H and O–H groups in total. The molecule has 5 nitrogen and oxygen atoms in total. The zero-order valence-electron chi connectivity index (χ0n) is 13.5. The Hall–Kier alpha value is -2.73. The Morgan fingerprint density at radius 1 is 1.28 bits per heavy atom. The lowest BCUT2D eigenvalue weighted by molar-refractivity contribution is -0.139. The molecule has 6 heteroatoms. The maximum atomic E-state index is 12.1. The highest BCUT2D eigenvalue weighted by Gasteiger charge is 2.06. The van der Waals surface area contributed by atoms with E-state index in [1.54, 1.807) is 18.3 Å². The van der Waals surface area contributed by atoms with Crippen LogP contribution >= 0.6 is 15.9 Å². The van der Waals surface area contributed by atoms with E-state index in [1.165, 1.54) is 16.5 Å². The Morgan fingerprint density at radius 3 is 2.92 bits per heavy atom. The molecule has 2 aromatic heterocycles.